The van der Waals surface area contributed by atoms with Crippen LogP contribution in [0.2, 0.25) is 10.0 Å². The van der Waals surface area contributed by atoms with Crippen LogP contribution < -0.4 is 10.6 Å². The standard InChI is InChI=1S/C21H26Cl2F3N3O2/c22-17-11-16(12-18(23)13-17)1-2-19(30)28-14-15-4-8-29(9-5-15)10-7-27-20(31)3-6-21(24,25)26/h1-2,11-13,15H,3-10,14H2,(H,27,31)(H,28,30). The van der Waals surface area contributed by atoms with E-state index in [-0.39, 0.29) is 5.91 Å². The summed E-state index contributed by atoms with van der Waals surface area (Å²) in [6.45, 7) is 3.13. The number of halogens is 5. The van der Waals surface area contributed by atoms with Crippen molar-refractivity contribution in [3.63, 3.8) is 0 Å². The number of likely N-dealkylation sites (tertiary alicyclic amines) is 1. The minimum absolute atomic E-state index is 0.194. The Bertz CT molecular complexity index is 759. The fourth-order valence-corrected chi connectivity index (χ4v) is 3.80. The van der Waals surface area contributed by atoms with E-state index < -0.39 is 24.9 Å². The quantitative estimate of drug-likeness (QED) is 0.519. The van der Waals surface area contributed by atoms with Crippen LogP contribution in [0.15, 0.2) is 24.3 Å². The minimum atomic E-state index is -4.31. The van der Waals surface area contributed by atoms with Crippen LogP contribution >= 0.6 is 23.2 Å². The van der Waals surface area contributed by atoms with Crippen LogP contribution in [0.4, 0.5) is 13.2 Å². The number of alkyl halides is 3. The van der Waals surface area contributed by atoms with Crippen molar-refractivity contribution in [1.29, 1.82) is 0 Å². The summed E-state index contributed by atoms with van der Waals surface area (Å²) >= 11 is 11.9. The molecule has 1 aromatic carbocycles. The van der Waals surface area contributed by atoms with Crippen molar-refractivity contribution in [1.82, 2.24) is 15.5 Å². The first-order chi connectivity index (χ1) is 14.6. The molecule has 0 unspecified atom stereocenters. The number of nitrogens with one attached hydrogen (secondary N) is 2. The molecule has 2 rings (SSSR count). The zero-order valence-corrected chi connectivity index (χ0v) is 18.5. The topological polar surface area (TPSA) is 61.4 Å². The van der Waals surface area contributed by atoms with E-state index in [1.54, 1.807) is 24.3 Å². The fraction of sp³-hybridized carbons (Fsp3) is 0.524. The van der Waals surface area contributed by atoms with Gasteiger partial charge in [0.05, 0.1) is 6.42 Å². The average Bonchev–Trinajstić information content (AvgIpc) is 2.69. The molecule has 31 heavy (non-hydrogen) atoms. The number of amides is 2. The normalized spacial score (nSPS) is 15.9. The third-order valence-corrected chi connectivity index (χ3v) is 5.41. The second-order valence-electron chi connectivity index (χ2n) is 7.53. The predicted molar refractivity (Wildman–Crippen MR) is 116 cm³/mol. The Hall–Kier alpha value is -1.77. The minimum Gasteiger partial charge on any atom is -0.355 e. The SMILES string of the molecule is O=C(C=Cc1cc(Cl)cc(Cl)c1)NCC1CCN(CCNC(=O)CCC(F)(F)F)CC1. The first-order valence-electron chi connectivity index (χ1n) is 10.1. The lowest BCUT2D eigenvalue weighted by molar-refractivity contribution is -0.144. The summed E-state index contributed by atoms with van der Waals surface area (Å²) in [5.74, 6) is -0.418. The molecule has 10 heteroatoms. The molecule has 0 spiro atoms. The summed E-state index contributed by atoms with van der Waals surface area (Å²) < 4.78 is 36.3. The van der Waals surface area contributed by atoms with Crippen LogP contribution in [0.3, 0.4) is 0 Å². The highest BCUT2D eigenvalue weighted by Crippen LogP contribution is 2.21. The lowest BCUT2D eigenvalue weighted by atomic mass is 9.97. The van der Waals surface area contributed by atoms with Gasteiger partial charge in [0.1, 0.15) is 0 Å². The Morgan fingerprint density at radius 2 is 1.74 bits per heavy atom. The smallest absolute Gasteiger partial charge is 0.355 e. The molecule has 0 atom stereocenters. The lowest BCUT2D eigenvalue weighted by Crippen LogP contribution is -2.41. The molecule has 1 fully saturated rings. The third-order valence-electron chi connectivity index (χ3n) is 4.97. The molecule has 0 aliphatic carbocycles. The van der Waals surface area contributed by atoms with Crippen LogP contribution in [0, 0.1) is 5.92 Å². The Balaban J connectivity index is 1.59. The number of benzene rings is 1. The molecule has 1 heterocycles. The van der Waals surface area contributed by atoms with E-state index in [9.17, 15) is 22.8 Å². The summed E-state index contributed by atoms with van der Waals surface area (Å²) in [5, 5.41) is 6.42. The summed E-state index contributed by atoms with van der Waals surface area (Å²) in [6, 6.07) is 5.05. The Morgan fingerprint density at radius 3 is 2.35 bits per heavy atom. The van der Waals surface area contributed by atoms with Crippen molar-refractivity contribution in [2.75, 3.05) is 32.7 Å². The number of hydrogen-bond acceptors (Lipinski definition) is 3. The van der Waals surface area contributed by atoms with E-state index in [0.29, 0.717) is 35.6 Å². The summed E-state index contributed by atoms with van der Waals surface area (Å²) in [5.41, 5.74) is 0.742. The zero-order valence-electron chi connectivity index (χ0n) is 17.0. The third kappa shape index (κ3) is 10.9. The highest BCUT2D eigenvalue weighted by Gasteiger charge is 2.27. The number of hydrogen-bond donors (Lipinski definition) is 2. The molecule has 0 saturated carbocycles. The molecule has 0 bridgehead atoms. The number of piperidine rings is 1. The van der Waals surface area contributed by atoms with Gasteiger partial charge in [0, 0.05) is 42.2 Å². The first-order valence-corrected chi connectivity index (χ1v) is 10.8. The van der Waals surface area contributed by atoms with Crippen molar-refractivity contribution < 1.29 is 22.8 Å². The van der Waals surface area contributed by atoms with Crippen LogP contribution in [0.25, 0.3) is 6.08 Å². The van der Waals surface area contributed by atoms with Gasteiger partial charge >= 0.3 is 6.18 Å². The van der Waals surface area contributed by atoms with Gasteiger partial charge in [0.15, 0.2) is 0 Å². The predicted octanol–water partition coefficient (Wildman–Crippen LogP) is 4.29. The molecule has 2 amide bonds. The monoisotopic (exact) mass is 479 g/mol. The van der Waals surface area contributed by atoms with Gasteiger partial charge in [-0.25, -0.2) is 0 Å². The molecule has 1 aliphatic heterocycles. The molecule has 1 saturated heterocycles. The summed E-state index contributed by atoms with van der Waals surface area (Å²) in [7, 11) is 0. The van der Waals surface area contributed by atoms with Gasteiger partial charge in [0.2, 0.25) is 11.8 Å². The maximum absolute atomic E-state index is 12.1. The van der Waals surface area contributed by atoms with Gasteiger partial charge in [-0.2, -0.15) is 13.2 Å². The molecular weight excluding hydrogens is 454 g/mol. The zero-order chi connectivity index (χ0) is 22.9. The van der Waals surface area contributed by atoms with Crippen molar-refractivity contribution in [3.8, 4) is 0 Å². The van der Waals surface area contributed by atoms with Gasteiger partial charge in [-0.1, -0.05) is 23.2 Å². The van der Waals surface area contributed by atoms with Crippen LogP contribution in [0.5, 0.6) is 0 Å². The molecular formula is C21H26Cl2F3N3O2. The molecule has 5 nitrogen and oxygen atoms in total. The Kier molecular flexibility index (Phi) is 10.1. The molecule has 0 radical (unpaired) electrons. The second-order valence-corrected chi connectivity index (χ2v) is 8.40. The highest BCUT2D eigenvalue weighted by molar-refractivity contribution is 6.34. The van der Waals surface area contributed by atoms with E-state index in [1.807, 2.05) is 0 Å². The van der Waals surface area contributed by atoms with Crippen molar-refractivity contribution in [3.05, 3.63) is 39.9 Å². The van der Waals surface area contributed by atoms with Crippen molar-refractivity contribution in [2.24, 2.45) is 5.92 Å². The van der Waals surface area contributed by atoms with Gasteiger partial charge in [-0.3, -0.25) is 9.59 Å². The van der Waals surface area contributed by atoms with Gasteiger partial charge in [-0.05, 0) is 61.7 Å². The molecule has 172 valence electrons. The lowest BCUT2D eigenvalue weighted by Gasteiger charge is -2.31. The maximum Gasteiger partial charge on any atom is 0.389 e. The molecule has 1 aromatic rings. The largest absolute Gasteiger partial charge is 0.389 e. The van der Waals surface area contributed by atoms with Crippen molar-refractivity contribution in [2.45, 2.75) is 31.9 Å². The van der Waals surface area contributed by atoms with Gasteiger partial charge < -0.3 is 15.5 Å². The molecule has 1 aliphatic rings. The number of carbonyl (C=O) groups excluding carboxylic acids is 2. The van der Waals surface area contributed by atoms with Gasteiger partial charge in [-0.15, -0.1) is 0 Å². The van der Waals surface area contributed by atoms with E-state index in [4.69, 9.17) is 23.2 Å². The maximum atomic E-state index is 12.1. The highest BCUT2D eigenvalue weighted by atomic mass is 35.5. The summed E-state index contributed by atoms with van der Waals surface area (Å²) in [6.07, 6.45) is -1.06. The number of carbonyl (C=O) groups is 2. The van der Waals surface area contributed by atoms with Crippen LogP contribution in [-0.2, 0) is 9.59 Å². The first kappa shape index (κ1) is 25.5. The Labute approximate surface area is 189 Å². The molecule has 2 N–H and O–H groups in total. The number of nitrogens with zero attached hydrogens (tertiary/aromatic N) is 1. The van der Waals surface area contributed by atoms with E-state index in [2.05, 4.69) is 15.5 Å². The van der Waals surface area contributed by atoms with Gasteiger partial charge in [0.25, 0.3) is 0 Å². The summed E-state index contributed by atoms with van der Waals surface area (Å²) in [4.78, 5) is 25.6. The van der Waals surface area contributed by atoms with E-state index in [0.717, 1.165) is 31.5 Å². The second kappa shape index (κ2) is 12.3. The average molecular weight is 480 g/mol. The van der Waals surface area contributed by atoms with E-state index >= 15 is 0 Å². The van der Waals surface area contributed by atoms with Crippen molar-refractivity contribution >= 4 is 41.1 Å². The number of rotatable bonds is 9. The fourth-order valence-electron chi connectivity index (χ4n) is 3.26. The molecule has 0 aromatic heterocycles. The Morgan fingerprint density at radius 1 is 1.10 bits per heavy atom. The van der Waals surface area contributed by atoms with Crippen LogP contribution in [-0.4, -0.2) is 55.6 Å². The van der Waals surface area contributed by atoms with Crippen LogP contribution in [0.1, 0.15) is 31.2 Å². The van der Waals surface area contributed by atoms with E-state index in [1.165, 1.54) is 6.08 Å².